The molecule has 6 heteroatoms. The number of ether oxygens (including phenoxy) is 1. The number of hydrogen-bond acceptors (Lipinski definition) is 3. The SMILES string of the molecule is COc1ccc2c(c1)sc1nc(-c3ccc(F)c(Br)c3)cn12. The Kier molecular flexibility index (Phi) is 3.16. The van der Waals surface area contributed by atoms with Crippen LogP contribution in [-0.4, -0.2) is 16.5 Å². The minimum Gasteiger partial charge on any atom is -0.497 e. The largest absolute Gasteiger partial charge is 0.497 e. The van der Waals surface area contributed by atoms with E-state index in [1.165, 1.54) is 6.07 Å². The summed E-state index contributed by atoms with van der Waals surface area (Å²) < 4.78 is 22.2. The Labute approximate surface area is 138 Å². The number of thiazole rings is 1. The number of rotatable bonds is 2. The van der Waals surface area contributed by atoms with Crippen molar-refractivity contribution in [1.29, 1.82) is 0 Å². The van der Waals surface area contributed by atoms with Gasteiger partial charge < -0.3 is 4.74 Å². The first kappa shape index (κ1) is 13.7. The molecule has 2 aromatic heterocycles. The molecule has 0 saturated carbocycles. The first-order chi connectivity index (χ1) is 10.7. The molecule has 4 aromatic rings. The Bertz CT molecular complexity index is 1010. The van der Waals surface area contributed by atoms with E-state index in [-0.39, 0.29) is 5.82 Å². The van der Waals surface area contributed by atoms with Crippen molar-refractivity contribution >= 4 is 42.4 Å². The van der Waals surface area contributed by atoms with Gasteiger partial charge in [0.2, 0.25) is 0 Å². The second-order valence-electron chi connectivity index (χ2n) is 4.84. The van der Waals surface area contributed by atoms with Crippen LogP contribution in [0.4, 0.5) is 4.39 Å². The van der Waals surface area contributed by atoms with Crippen LogP contribution >= 0.6 is 27.3 Å². The molecule has 22 heavy (non-hydrogen) atoms. The number of benzene rings is 2. The first-order valence-corrected chi connectivity index (χ1v) is 8.18. The van der Waals surface area contributed by atoms with E-state index in [1.54, 1.807) is 30.6 Å². The minimum absolute atomic E-state index is 0.276. The van der Waals surface area contributed by atoms with Crippen LogP contribution in [0.15, 0.2) is 47.1 Å². The van der Waals surface area contributed by atoms with Crippen LogP contribution in [0.1, 0.15) is 0 Å². The average molecular weight is 377 g/mol. The molecule has 2 aromatic carbocycles. The maximum atomic E-state index is 13.4. The maximum absolute atomic E-state index is 13.4. The lowest BCUT2D eigenvalue weighted by molar-refractivity contribution is 0.415. The highest BCUT2D eigenvalue weighted by molar-refractivity contribution is 9.10. The lowest BCUT2D eigenvalue weighted by atomic mass is 10.2. The number of fused-ring (bicyclic) bond motifs is 3. The highest BCUT2D eigenvalue weighted by atomic mass is 79.9. The molecule has 3 nitrogen and oxygen atoms in total. The zero-order valence-corrected chi connectivity index (χ0v) is 13.9. The Hall–Kier alpha value is -1.92. The third-order valence-corrected chi connectivity index (χ3v) is 5.14. The number of hydrogen-bond donors (Lipinski definition) is 0. The van der Waals surface area contributed by atoms with Crippen molar-refractivity contribution in [3.8, 4) is 17.0 Å². The summed E-state index contributed by atoms with van der Waals surface area (Å²) in [5.74, 6) is 0.557. The van der Waals surface area contributed by atoms with Crippen LogP contribution in [0.25, 0.3) is 26.4 Å². The lowest BCUT2D eigenvalue weighted by Crippen LogP contribution is -1.83. The van der Waals surface area contributed by atoms with E-state index in [9.17, 15) is 4.39 Å². The van der Waals surface area contributed by atoms with Crippen molar-refractivity contribution in [1.82, 2.24) is 9.38 Å². The molecule has 0 spiro atoms. The minimum atomic E-state index is -0.276. The molecule has 0 aliphatic carbocycles. The van der Waals surface area contributed by atoms with Gasteiger partial charge in [-0.2, -0.15) is 0 Å². The van der Waals surface area contributed by atoms with Gasteiger partial charge in [0.05, 0.1) is 27.5 Å². The van der Waals surface area contributed by atoms with Crippen molar-refractivity contribution in [3.05, 3.63) is 52.9 Å². The van der Waals surface area contributed by atoms with Crippen molar-refractivity contribution in [3.63, 3.8) is 0 Å². The number of halogens is 2. The van der Waals surface area contributed by atoms with E-state index in [4.69, 9.17) is 4.74 Å². The predicted octanol–water partition coefficient (Wildman–Crippen LogP) is 5.13. The average Bonchev–Trinajstić information content (AvgIpc) is 3.06. The summed E-state index contributed by atoms with van der Waals surface area (Å²) in [5, 5.41) is 0. The Morgan fingerprint density at radius 1 is 1.23 bits per heavy atom. The third kappa shape index (κ3) is 2.10. The molecule has 110 valence electrons. The number of aromatic nitrogens is 2. The Morgan fingerprint density at radius 3 is 2.86 bits per heavy atom. The summed E-state index contributed by atoms with van der Waals surface area (Å²) in [6.07, 6.45) is 1.97. The van der Waals surface area contributed by atoms with Gasteiger partial charge in [0, 0.05) is 11.8 Å². The molecule has 0 saturated heterocycles. The molecular formula is C16H10BrFN2OS. The van der Waals surface area contributed by atoms with E-state index < -0.39 is 0 Å². The number of imidazole rings is 1. The highest BCUT2D eigenvalue weighted by Gasteiger charge is 2.12. The van der Waals surface area contributed by atoms with Crippen LogP contribution < -0.4 is 4.74 Å². The van der Waals surface area contributed by atoms with Gasteiger partial charge in [-0.1, -0.05) is 11.3 Å². The Morgan fingerprint density at radius 2 is 2.09 bits per heavy atom. The molecule has 0 amide bonds. The van der Waals surface area contributed by atoms with Gasteiger partial charge in [0.25, 0.3) is 0 Å². The molecule has 4 rings (SSSR count). The topological polar surface area (TPSA) is 26.5 Å². The van der Waals surface area contributed by atoms with Crippen molar-refractivity contribution in [2.75, 3.05) is 7.11 Å². The predicted molar refractivity (Wildman–Crippen MR) is 90.2 cm³/mol. The second kappa shape index (κ2) is 5.07. The lowest BCUT2D eigenvalue weighted by Gasteiger charge is -1.99. The summed E-state index contributed by atoms with van der Waals surface area (Å²) in [6.45, 7) is 0. The highest BCUT2D eigenvalue weighted by Crippen LogP contribution is 2.32. The molecule has 0 N–H and O–H groups in total. The fraction of sp³-hybridized carbons (Fsp3) is 0.0625. The second-order valence-corrected chi connectivity index (χ2v) is 6.71. The maximum Gasteiger partial charge on any atom is 0.195 e. The van der Waals surface area contributed by atoms with E-state index in [0.29, 0.717) is 4.47 Å². The summed E-state index contributed by atoms with van der Waals surface area (Å²) in [7, 11) is 1.66. The standard InChI is InChI=1S/C16H10BrFN2OS/c1-21-10-3-5-14-15(7-10)22-16-19-13(8-20(14)16)9-2-4-12(18)11(17)6-9/h2-8H,1H3. The summed E-state index contributed by atoms with van der Waals surface area (Å²) in [6, 6.07) is 10.9. The van der Waals surface area contributed by atoms with Crippen LogP contribution in [0.5, 0.6) is 5.75 Å². The smallest absolute Gasteiger partial charge is 0.195 e. The van der Waals surface area contributed by atoms with Gasteiger partial charge in [-0.15, -0.1) is 0 Å². The molecule has 0 radical (unpaired) electrons. The van der Waals surface area contributed by atoms with E-state index in [0.717, 1.165) is 32.2 Å². The summed E-state index contributed by atoms with van der Waals surface area (Å²) >= 11 is 4.81. The molecule has 0 fully saturated rings. The first-order valence-electron chi connectivity index (χ1n) is 6.57. The molecule has 0 atom stereocenters. The van der Waals surface area contributed by atoms with Crippen molar-refractivity contribution < 1.29 is 9.13 Å². The molecule has 0 bridgehead atoms. The zero-order chi connectivity index (χ0) is 15.3. The van der Waals surface area contributed by atoms with Gasteiger partial charge in [-0.25, -0.2) is 9.37 Å². The van der Waals surface area contributed by atoms with Crippen LogP contribution in [-0.2, 0) is 0 Å². The number of methoxy groups -OCH3 is 1. The molecule has 0 aliphatic heterocycles. The van der Waals surface area contributed by atoms with Gasteiger partial charge in [-0.05, 0) is 52.3 Å². The van der Waals surface area contributed by atoms with Crippen LogP contribution in [0.3, 0.4) is 0 Å². The van der Waals surface area contributed by atoms with Gasteiger partial charge in [0.1, 0.15) is 11.6 Å². The van der Waals surface area contributed by atoms with Crippen LogP contribution in [0.2, 0.25) is 0 Å². The van der Waals surface area contributed by atoms with E-state index in [2.05, 4.69) is 20.9 Å². The molecular weight excluding hydrogens is 367 g/mol. The van der Waals surface area contributed by atoms with E-state index in [1.807, 2.05) is 28.8 Å². The Balaban J connectivity index is 1.88. The third-order valence-electron chi connectivity index (χ3n) is 3.52. The molecule has 0 unspecified atom stereocenters. The zero-order valence-electron chi connectivity index (χ0n) is 11.5. The molecule has 2 heterocycles. The van der Waals surface area contributed by atoms with Crippen molar-refractivity contribution in [2.24, 2.45) is 0 Å². The normalized spacial score (nSPS) is 11.4. The molecule has 0 aliphatic rings. The van der Waals surface area contributed by atoms with Gasteiger partial charge in [0.15, 0.2) is 4.96 Å². The fourth-order valence-electron chi connectivity index (χ4n) is 2.40. The summed E-state index contributed by atoms with van der Waals surface area (Å²) in [5.41, 5.74) is 2.79. The van der Waals surface area contributed by atoms with E-state index >= 15 is 0 Å². The monoisotopic (exact) mass is 376 g/mol. The number of nitrogens with zero attached hydrogens (tertiary/aromatic N) is 2. The van der Waals surface area contributed by atoms with Gasteiger partial charge in [-0.3, -0.25) is 4.40 Å². The fourth-order valence-corrected chi connectivity index (χ4v) is 3.82. The van der Waals surface area contributed by atoms with Crippen molar-refractivity contribution in [2.45, 2.75) is 0 Å². The van der Waals surface area contributed by atoms with Crippen LogP contribution in [0, 0.1) is 5.82 Å². The summed E-state index contributed by atoms with van der Waals surface area (Å²) in [4.78, 5) is 5.55. The van der Waals surface area contributed by atoms with Gasteiger partial charge >= 0.3 is 0 Å². The quantitative estimate of drug-likeness (QED) is 0.484.